The Balaban J connectivity index is 2.42. The van der Waals surface area contributed by atoms with Crippen LogP contribution in [-0.2, 0) is 24.9 Å². The lowest BCUT2D eigenvalue weighted by Crippen LogP contribution is -2.39. The number of carbonyl (C=O) groups is 1. The molecular weight excluding hydrogens is 300 g/mol. The van der Waals surface area contributed by atoms with Crippen molar-refractivity contribution >= 4 is 16.9 Å². The minimum atomic E-state index is -0.432. The minimum absolute atomic E-state index is 0.0476. The Morgan fingerprint density at radius 3 is 2.65 bits per heavy atom. The number of aromatic nitrogens is 4. The molecule has 126 valence electrons. The number of hydrogen-bond donors (Lipinski definition) is 1. The Labute approximate surface area is 133 Å². The monoisotopic (exact) mass is 322 g/mol. The summed E-state index contributed by atoms with van der Waals surface area (Å²) in [6.07, 6.45) is 2.98. The number of nitrogens with zero attached hydrogens (tertiary/aromatic N) is 4. The molecule has 0 bridgehead atoms. The first-order valence-corrected chi connectivity index (χ1v) is 7.65. The second-order valence-electron chi connectivity index (χ2n) is 5.89. The molecule has 1 N–H and O–H groups in total. The topological polar surface area (TPSA) is 99.1 Å². The summed E-state index contributed by atoms with van der Waals surface area (Å²) < 4.78 is 3.97. The van der Waals surface area contributed by atoms with Gasteiger partial charge in [-0.05, 0) is 33.1 Å². The van der Waals surface area contributed by atoms with Gasteiger partial charge in [0.05, 0.1) is 19.0 Å². The summed E-state index contributed by atoms with van der Waals surface area (Å²) in [7, 11) is 1.56. The zero-order chi connectivity index (χ0) is 17.1. The van der Waals surface area contributed by atoms with Gasteiger partial charge in [0.25, 0.3) is 5.56 Å². The molecule has 0 amide bonds. The lowest BCUT2D eigenvalue weighted by atomic mass is 10.2. The zero-order valence-corrected chi connectivity index (χ0v) is 13.7. The van der Waals surface area contributed by atoms with Crippen LogP contribution in [0.3, 0.4) is 0 Å². The second kappa shape index (κ2) is 6.91. The van der Waals surface area contributed by atoms with Gasteiger partial charge in [-0.3, -0.25) is 18.7 Å². The summed E-state index contributed by atoms with van der Waals surface area (Å²) in [6, 6.07) is 0. The molecule has 2 heterocycles. The maximum atomic E-state index is 12.6. The van der Waals surface area contributed by atoms with E-state index >= 15 is 0 Å². The van der Waals surface area contributed by atoms with Crippen molar-refractivity contribution in [1.29, 1.82) is 0 Å². The summed E-state index contributed by atoms with van der Waals surface area (Å²) >= 11 is 0. The molecule has 0 radical (unpaired) electrons. The summed E-state index contributed by atoms with van der Waals surface area (Å²) in [5.74, 6) is -0.0963. The van der Waals surface area contributed by atoms with Crippen molar-refractivity contribution in [2.24, 2.45) is 7.05 Å². The van der Waals surface area contributed by atoms with Gasteiger partial charge in [0, 0.05) is 13.6 Å². The number of unbranched alkanes of at least 4 members (excludes halogenated alkanes) is 1. The second-order valence-corrected chi connectivity index (χ2v) is 5.89. The predicted molar refractivity (Wildman–Crippen MR) is 85.4 cm³/mol. The summed E-state index contributed by atoms with van der Waals surface area (Å²) in [4.78, 5) is 40.4. The first-order valence-electron chi connectivity index (χ1n) is 7.65. The van der Waals surface area contributed by atoms with Crippen LogP contribution in [-0.4, -0.2) is 35.7 Å². The molecule has 1 unspecified atom stereocenters. The van der Waals surface area contributed by atoms with Gasteiger partial charge in [0.15, 0.2) is 11.2 Å². The van der Waals surface area contributed by atoms with Gasteiger partial charge < -0.3 is 9.67 Å². The van der Waals surface area contributed by atoms with Gasteiger partial charge in [-0.2, -0.15) is 0 Å². The van der Waals surface area contributed by atoms with Crippen molar-refractivity contribution in [2.75, 3.05) is 0 Å². The fourth-order valence-corrected chi connectivity index (χ4v) is 2.59. The fraction of sp³-hybridized carbons (Fsp3) is 0.600. The van der Waals surface area contributed by atoms with E-state index in [2.05, 4.69) is 4.98 Å². The van der Waals surface area contributed by atoms with E-state index < -0.39 is 17.4 Å². The number of aryl methyl sites for hydroxylation is 1. The van der Waals surface area contributed by atoms with Crippen LogP contribution in [0.2, 0.25) is 0 Å². The van der Waals surface area contributed by atoms with E-state index in [0.29, 0.717) is 12.8 Å². The predicted octanol–water partition coefficient (Wildman–Crippen LogP) is 0.0368. The van der Waals surface area contributed by atoms with Crippen LogP contribution in [0.25, 0.3) is 11.2 Å². The molecule has 0 saturated heterocycles. The first-order chi connectivity index (χ1) is 10.8. The standard InChI is InChI=1S/C15H22N4O4/c1-10(20)6-4-5-7-19-14(22)12-13(17(3)15(19)23)16-9-18(12)8-11(2)21/h9-10,20H,4-8H2,1-3H3. The molecule has 8 nitrogen and oxygen atoms in total. The van der Waals surface area contributed by atoms with Gasteiger partial charge in [-0.1, -0.05) is 0 Å². The van der Waals surface area contributed by atoms with Crippen LogP contribution in [0, 0.1) is 0 Å². The largest absolute Gasteiger partial charge is 0.393 e. The highest BCUT2D eigenvalue weighted by Gasteiger charge is 2.16. The van der Waals surface area contributed by atoms with Crippen LogP contribution in [0.15, 0.2) is 15.9 Å². The third-order valence-electron chi connectivity index (χ3n) is 3.75. The fourth-order valence-electron chi connectivity index (χ4n) is 2.59. The Morgan fingerprint density at radius 2 is 2.04 bits per heavy atom. The number of rotatable bonds is 7. The lowest BCUT2D eigenvalue weighted by Gasteiger charge is -2.09. The van der Waals surface area contributed by atoms with Crippen molar-refractivity contribution < 1.29 is 9.90 Å². The van der Waals surface area contributed by atoms with E-state index in [0.717, 1.165) is 6.42 Å². The molecule has 1 atom stereocenters. The lowest BCUT2D eigenvalue weighted by molar-refractivity contribution is -0.117. The van der Waals surface area contributed by atoms with Crippen molar-refractivity contribution in [2.45, 2.75) is 52.3 Å². The van der Waals surface area contributed by atoms with Crippen LogP contribution in [0.1, 0.15) is 33.1 Å². The van der Waals surface area contributed by atoms with Crippen molar-refractivity contribution in [3.8, 4) is 0 Å². The molecular formula is C15H22N4O4. The molecule has 0 aliphatic carbocycles. The van der Waals surface area contributed by atoms with Crippen molar-refractivity contribution in [3.05, 3.63) is 27.2 Å². The smallest absolute Gasteiger partial charge is 0.332 e. The number of carbonyl (C=O) groups excluding carboxylic acids is 1. The molecule has 0 aromatic carbocycles. The molecule has 0 aliphatic rings. The average Bonchev–Trinajstić information content (AvgIpc) is 2.87. The summed E-state index contributed by atoms with van der Waals surface area (Å²) in [5, 5.41) is 9.26. The van der Waals surface area contributed by atoms with Gasteiger partial charge in [-0.25, -0.2) is 9.78 Å². The highest BCUT2D eigenvalue weighted by molar-refractivity contribution is 5.78. The van der Waals surface area contributed by atoms with E-state index in [1.807, 2.05) is 0 Å². The maximum Gasteiger partial charge on any atom is 0.332 e. The van der Waals surface area contributed by atoms with Gasteiger partial charge in [0.2, 0.25) is 0 Å². The zero-order valence-electron chi connectivity index (χ0n) is 13.7. The Bertz CT molecular complexity index is 828. The number of ketones is 1. The van der Waals surface area contributed by atoms with Crippen LogP contribution < -0.4 is 11.2 Å². The maximum absolute atomic E-state index is 12.6. The van der Waals surface area contributed by atoms with E-state index in [-0.39, 0.29) is 30.0 Å². The number of fused-ring (bicyclic) bond motifs is 1. The molecule has 0 saturated carbocycles. The molecule has 0 spiro atoms. The average molecular weight is 322 g/mol. The third kappa shape index (κ3) is 3.58. The van der Waals surface area contributed by atoms with Gasteiger partial charge in [0.1, 0.15) is 5.78 Å². The van der Waals surface area contributed by atoms with Crippen LogP contribution in [0.4, 0.5) is 0 Å². The molecule has 8 heteroatoms. The van der Waals surface area contributed by atoms with Crippen LogP contribution in [0.5, 0.6) is 0 Å². The van der Waals surface area contributed by atoms with Crippen LogP contribution >= 0.6 is 0 Å². The molecule has 2 rings (SSSR count). The number of aliphatic hydroxyl groups excluding tert-OH is 1. The summed E-state index contributed by atoms with van der Waals surface area (Å²) in [6.45, 7) is 3.46. The Kier molecular flexibility index (Phi) is 5.15. The van der Waals surface area contributed by atoms with E-state index in [1.54, 1.807) is 14.0 Å². The Morgan fingerprint density at radius 1 is 1.35 bits per heavy atom. The van der Waals surface area contributed by atoms with E-state index in [9.17, 15) is 19.5 Å². The molecule has 0 aliphatic heterocycles. The minimum Gasteiger partial charge on any atom is -0.393 e. The number of imidazole rings is 1. The number of Topliss-reactive ketones (excluding diaryl/α,β-unsaturated/α-hetero) is 1. The summed E-state index contributed by atoms with van der Waals surface area (Å²) in [5.41, 5.74) is -0.314. The third-order valence-corrected chi connectivity index (χ3v) is 3.75. The normalized spacial score (nSPS) is 12.7. The SMILES string of the molecule is CC(=O)Cn1cnc2c1c(=O)n(CCCCC(C)O)c(=O)n2C. The van der Waals surface area contributed by atoms with Crippen molar-refractivity contribution in [3.63, 3.8) is 0 Å². The van der Waals surface area contributed by atoms with Gasteiger partial charge in [-0.15, -0.1) is 0 Å². The molecule has 2 aromatic heterocycles. The van der Waals surface area contributed by atoms with E-state index in [4.69, 9.17) is 0 Å². The van der Waals surface area contributed by atoms with Crippen molar-refractivity contribution in [1.82, 2.24) is 18.7 Å². The highest BCUT2D eigenvalue weighted by atomic mass is 16.3. The molecule has 2 aromatic rings. The quantitative estimate of drug-likeness (QED) is 0.726. The highest BCUT2D eigenvalue weighted by Crippen LogP contribution is 2.06. The molecule has 23 heavy (non-hydrogen) atoms. The number of hydrogen-bond acceptors (Lipinski definition) is 5. The van der Waals surface area contributed by atoms with Gasteiger partial charge >= 0.3 is 5.69 Å². The number of aliphatic hydroxyl groups is 1. The van der Waals surface area contributed by atoms with E-state index in [1.165, 1.54) is 27.0 Å². The first kappa shape index (κ1) is 17.1. The molecule has 0 fully saturated rings. The Hall–Kier alpha value is -2.22.